The van der Waals surface area contributed by atoms with E-state index >= 15 is 0 Å². The fraction of sp³-hybridized carbons (Fsp3) is 0.783. The third kappa shape index (κ3) is 2.16. The number of allylic oxidation sites excluding steroid dienone is 1. The fourth-order valence-electron chi connectivity index (χ4n) is 8.03. The normalized spacial score (nSPS) is 49.9. The highest BCUT2D eigenvalue weighted by Crippen LogP contribution is 2.70. The largest absolute Gasteiger partial charge is 0.481 e. The summed E-state index contributed by atoms with van der Waals surface area (Å²) in [5.41, 5.74) is 0.477. The zero-order chi connectivity index (χ0) is 19.9. The van der Waals surface area contributed by atoms with Crippen LogP contribution in [0.4, 0.5) is 0 Å². The molecule has 1 saturated heterocycles. The third-order valence-electron chi connectivity index (χ3n) is 9.61. The molecule has 0 aromatic carbocycles. The SMILES string of the molecule is C[C@]12CCC(=O)CC1=C[C@@H](C(=O)O)C1C2CC[C@@]2(C)C1CC[C@@]21CCC(=O)O1. The summed E-state index contributed by atoms with van der Waals surface area (Å²) >= 11 is 0. The average molecular weight is 386 g/mol. The Bertz CT molecular complexity index is 799. The summed E-state index contributed by atoms with van der Waals surface area (Å²) in [5, 5.41) is 10.1. The lowest BCUT2D eigenvalue weighted by atomic mass is 9.45. The molecule has 0 aromatic rings. The topological polar surface area (TPSA) is 80.7 Å². The van der Waals surface area contributed by atoms with E-state index in [0.717, 1.165) is 44.1 Å². The maximum atomic E-state index is 12.3. The number of fused-ring (bicyclic) bond motifs is 6. The Morgan fingerprint density at radius 1 is 1.07 bits per heavy atom. The molecule has 0 radical (unpaired) electrons. The molecule has 1 heterocycles. The summed E-state index contributed by atoms with van der Waals surface area (Å²) in [6.07, 6.45) is 8.83. The molecule has 5 aliphatic rings. The summed E-state index contributed by atoms with van der Waals surface area (Å²) in [5.74, 6) is -0.534. The van der Waals surface area contributed by atoms with Crippen LogP contribution in [-0.2, 0) is 19.1 Å². The van der Waals surface area contributed by atoms with E-state index in [1.165, 1.54) is 0 Å². The Kier molecular flexibility index (Phi) is 3.74. The molecule has 5 rings (SSSR count). The van der Waals surface area contributed by atoms with Gasteiger partial charge in [0.2, 0.25) is 0 Å². The van der Waals surface area contributed by atoms with Gasteiger partial charge in [-0.25, -0.2) is 0 Å². The van der Waals surface area contributed by atoms with Crippen LogP contribution in [0.25, 0.3) is 0 Å². The van der Waals surface area contributed by atoms with Crippen LogP contribution in [0.15, 0.2) is 11.6 Å². The summed E-state index contributed by atoms with van der Waals surface area (Å²) in [7, 11) is 0. The molecule has 28 heavy (non-hydrogen) atoms. The molecular weight excluding hydrogens is 356 g/mol. The standard InChI is InChI=1S/C23H30O5/c1-21-7-3-14(24)11-13(21)12-15(20(26)27)19-16(21)4-8-22(2)17(19)5-9-23(22)10-6-18(25)28-23/h12,15-17,19H,3-11H2,1-2H3,(H,26,27)/t15-,16?,17?,19?,21+,22+,23-/m1/s1. The molecule has 0 aromatic heterocycles. The molecule has 1 spiro atoms. The highest BCUT2D eigenvalue weighted by Gasteiger charge is 2.68. The minimum absolute atomic E-state index is 0.0615. The van der Waals surface area contributed by atoms with E-state index in [0.29, 0.717) is 25.2 Å². The molecular formula is C23H30O5. The van der Waals surface area contributed by atoms with Gasteiger partial charge in [0.25, 0.3) is 0 Å². The van der Waals surface area contributed by atoms with Crippen molar-refractivity contribution < 1.29 is 24.2 Å². The van der Waals surface area contributed by atoms with Crippen molar-refractivity contribution in [3.8, 4) is 0 Å². The number of esters is 1. The lowest BCUT2D eigenvalue weighted by molar-refractivity contribution is -0.173. The average Bonchev–Trinajstić information content (AvgIpc) is 3.16. The summed E-state index contributed by atoms with van der Waals surface area (Å²) < 4.78 is 5.96. The monoisotopic (exact) mass is 386 g/mol. The van der Waals surface area contributed by atoms with Gasteiger partial charge in [0.15, 0.2) is 0 Å². The van der Waals surface area contributed by atoms with E-state index in [2.05, 4.69) is 13.8 Å². The number of Topliss-reactive ketones (excluding diaryl/α,β-unsaturated/α-hetero) is 1. The van der Waals surface area contributed by atoms with Gasteiger partial charge < -0.3 is 9.84 Å². The summed E-state index contributed by atoms with van der Waals surface area (Å²) in [6.45, 7) is 4.52. The van der Waals surface area contributed by atoms with Gasteiger partial charge in [0, 0.05) is 24.7 Å². The minimum atomic E-state index is -0.767. The van der Waals surface area contributed by atoms with Crippen molar-refractivity contribution in [2.45, 2.75) is 77.2 Å². The second kappa shape index (κ2) is 5.70. The Balaban J connectivity index is 1.58. The highest BCUT2D eigenvalue weighted by atomic mass is 16.6. The van der Waals surface area contributed by atoms with Crippen LogP contribution >= 0.6 is 0 Å². The second-order valence-electron chi connectivity index (χ2n) is 10.4. The quantitative estimate of drug-likeness (QED) is 0.546. The predicted octanol–water partition coefficient (Wildman–Crippen LogP) is 3.90. The first-order valence-corrected chi connectivity index (χ1v) is 10.9. The van der Waals surface area contributed by atoms with E-state index in [1.54, 1.807) is 0 Å². The fourth-order valence-corrected chi connectivity index (χ4v) is 8.03. The Morgan fingerprint density at radius 3 is 2.50 bits per heavy atom. The Morgan fingerprint density at radius 2 is 1.82 bits per heavy atom. The van der Waals surface area contributed by atoms with Gasteiger partial charge in [-0.2, -0.15) is 0 Å². The van der Waals surface area contributed by atoms with E-state index in [-0.39, 0.29) is 34.4 Å². The number of ether oxygens (including phenoxy) is 1. The number of hydrogen-bond acceptors (Lipinski definition) is 4. The van der Waals surface area contributed by atoms with Gasteiger partial charge in [0.05, 0.1) is 5.92 Å². The molecule has 5 nitrogen and oxygen atoms in total. The number of hydrogen-bond donors (Lipinski definition) is 1. The molecule has 1 N–H and O–H groups in total. The molecule has 0 amide bonds. The van der Waals surface area contributed by atoms with Crippen molar-refractivity contribution in [2.24, 2.45) is 34.5 Å². The van der Waals surface area contributed by atoms with Crippen molar-refractivity contribution in [2.75, 3.05) is 0 Å². The number of ketones is 1. The maximum absolute atomic E-state index is 12.3. The lowest BCUT2D eigenvalue weighted by Gasteiger charge is -2.59. The number of carbonyl (C=O) groups excluding carboxylic acids is 2. The Labute approximate surface area is 165 Å². The van der Waals surface area contributed by atoms with E-state index in [9.17, 15) is 19.5 Å². The molecule has 4 fully saturated rings. The maximum Gasteiger partial charge on any atom is 0.310 e. The number of carboxylic acid groups (broad SMARTS) is 1. The number of carboxylic acids is 1. The minimum Gasteiger partial charge on any atom is -0.481 e. The number of rotatable bonds is 1. The van der Waals surface area contributed by atoms with Crippen LogP contribution in [0, 0.1) is 34.5 Å². The molecule has 1 aliphatic heterocycles. The zero-order valence-corrected chi connectivity index (χ0v) is 16.8. The molecule has 4 aliphatic carbocycles. The van der Waals surface area contributed by atoms with E-state index in [1.807, 2.05) is 6.08 Å². The lowest BCUT2D eigenvalue weighted by Crippen LogP contribution is -2.57. The summed E-state index contributed by atoms with van der Waals surface area (Å²) in [6, 6.07) is 0. The van der Waals surface area contributed by atoms with Crippen LogP contribution in [0.1, 0.15) is 71.6 Å². The first-order chi connectivity index (χ1) is 13.2. The molecule has 7 atom stereocenters. The van der Waals surface area contributed by atoms with Gasteiger partial charge in [-0.05, 0) is 61.7 Å². The third-order valence-corrected chi connectivity index (χ3v) is 9.61. The van der Waals surface area contributed by atoms with Crippen molar-refractivity contribution in [3.05, 3.63) is 11.6 Å². The highest BCUT2D eigenvalue weighted by molar-refractivity contribution is 5.83. The van der Waals surface area contributed by atoms with Gasteiger partial charge >= 0.3 is 11.9 Å². The van der Waals surface area contributed by atoms with Gasteiger partial charge in [-0.1, -0.05) is 25.5 Å². The van der Waals surface area contributed by atoms with Crippen molar-refractivity contribution in [1.82, 2.24) is 0 Å². The molecule has 0 bridgehead atoms. The van der Waals surface area contributed by atoms with Crippen LogP contribution in [0.3, 0.4) is 0 Å². The van der Waals surface area contributed by atoms with Gasteiger partial charge in [-0.15, -0.1) is 0 Å². The smallest absolute Gasteiger partial charge is 0.310 e. The van der Waals surface area contributed by atoms with Crippen LogP contribution in [0.2, 0.25) is 0 Å². The van der Waals surface area contributed by atoms with Crippen LogP contribution in [0.5, 0.6) is 0 Å². The van der Waals surface area contributed by atoms with Crippen molar-refractivity contribution in [1.29, 1.82) is 0 Å². The Hall–Kier alpha value is -1.65. The second-order valence-corrected chi connectivity index (χ2v) is 10.4. The van der Waals surface area contributed by atoms with Crippen molar-refractivity contribution in [3.63, 3.8) is 0 Å². The first kappa shape index (κ1) is 18.4. The zero-order valence-electron chi connectivity index (χ0n) is 16.8. The van der Waals surface area contributed by atoms with Crippen LogP contribution in [-0.4, -0.2) is 28.4 Å². The predicted molar refractivity (Wildman–Crippen MR) is 101 cm³/mol. The van der Waals surface area contributed by atoms with E-state index < -0.39 is 17.5 Å². The summed E-state index contributed by atoms with van der Waals surface area (Å²) in [4.78, 5) is 36.4. The molecule has 3 unspecified atom stereocenters. The number of carbonyl (C=O) groups is 3. The number of aliphatic carboxylic acids is 1. The van der Waals surface area contributed by atoms with Crippen LogP contribution < -0.4 is 0 Å². The van der Waals surface area contributed by atoms with E-state index in [4.69, 9.17) is 4.74 Å². The molecule has 5 heteroatoms. The first-order valence-electron chi connectivity index (χ1n) is 10.9. The molecule has 3 saturated carbocycles. The van der Waals surface area contributed by atoms with Crippen molar-refractivity contribution >= 4 is 17.7 Å². The van der Waals surface area contributed by atoms with Gasteiger partial charge in [0.1, 0.15) is 11.4 Å². The molecule has 152 valence electrons. The van der Waals surface area contributed by atoms with Gasteiger partial charge in [-0.3, -0.25) is 14.4 Å².